The zero-order valence-electron chi connectivity index (χ0n) is 8.39. The highest BCUT2D eigenvalue weighted by molar-refractivity contribution is 7.98. The molecule has 0 rings (SSSR count). The van der Waals surface area contributed by atoms with Crippen molar-refractivity contribution in [2.24, 2.45) is 0 Å². The van der Waals surface area contributed by atoms with Crippen LogP contribution in [0.15, 0.2) is 0 Å². The predicted molar refractivity (Wildman–Crippen MR) is 55.9 cm³/mol. The van der Waals surface area contributed by atoms with Crippen molar-refractivity contribution in [2.45, 2.75) is 32.1 Å². The van der Waals surface area contributed by atoms with Crippen molar-refractivity contribution >= 4 is 17.7 Å². The van der Waals surface area contributed by atoms with Crippen molar-refractivity contribution in [1.29, 1.82) is 0 Å². The molecule has 0 aromatic carbocycles. The first-order valence-electron chi connectivity index (χ1n) is 4.73. The zero-order valence-corrected chi connectivity index (χ0v) is 9.21. The summed E-state index contributed by atoms with van der Waals surface area (Å²) >= 11 is 1.81. The molecule has 0 aromatic heterocycles. The molecule has 0 fully saturated rings. The van der Waals surface area contributed by atoms with Crippen molar-refractivity contribution in [1.82, 2.24) is 5.32 Å². The number of unbranched alkanes of at least 4 members (excludes halogenated alkanes) is 3. The molecule has 1 N–H and O–H groups in total. The number of thioether (sulfide) groups is 1. The molecule has 1 amide bonds. The third-order valence-corrected chi connectivity index (χ3v) is 2.47. The molecular weight excluding hydrogens is 208 g/mol. The highest BCUT2D eigenvalue weighted by atomic mass is 32.2. The summed E-state index contributed by atoms with van der Waals surface area (Å²) in [5.74, 6) is -0.0160. The van der Waals surface area contributed by atoms with Gasteiger partial charge >= 0.3 is 6.43 Å². The maximum absolute atomic E-state index is 11.7. The van der Waals surface area contributed by atoms with E-state index in [4.69, 9.17) is 0 Å². The van der Waals surface area contributed by atoms with Crippen LogP contribution in [0.5, 0.6) is 0 Å². The summed E-state index contributed by atoms with van der Waals surface area (Å²) in [7, 11) is 0. The summed E-state index contributed by atoms with van der Waals surface area (Å²) < 4.78 is 23.4. The molecule has 84 valence electrons. The van der Waals surface area contributed by atoms with Crippen LogP contribution in [0.25, 0.3) is 0 Å². The second-order valence-corrected chi connectivity index (χ2v) is 3.98. The molecule has 0 aliphatic carbocycles. The van der Waals surface area contributed by atoms with Crippen LogP contribution in [-0.2, 0) is 4.79 Å². The highest BCUT2D eigenvalue weighted by Crippen LogP contribution is 2.03. The highest BCUT2D eigenvalue weighted by Gasteiger charge is 2.12. The van der Waals surface area contributed by atoms with Crippen LogP contribution < -0.4 is 5.32 Å². The molecule has 14 heavy (non-hydrogen) atoms. The molecule has 0 aliphatic rings. The summed E-state index contributed by atoms with van der Waals surface area (Å²) in [4.78, 5) is 10.4. The molecule has 0 aliphatic heterocycles. The topological polar surface area (TPSA) is 29.1 Å². The van der Waals surface area contributed by atoms with E-state index in [9.17, 15) is 13.6 Å². The Morgan fingerprint density at radius 3 is 2.50 bits per heavy atom. The molecule has 0 atom stereocenters. The third kappa shape index (κ3) is 8.29. The quantitative estimate of drug-likeness (QED) is 0.642. The Morgan fingerprint density at radius 1 is 1.29 bits per heavy atom. The Kier molecular flexibility index (Phi) is 9.03. The van der Waals surface area contributed by atoms with Gasteiger partial charge in [0, 0.05) is 6.54 Å². The van der Waals surface area contributed by atoms with Crippen molar-refractivity contribution in [3.8, 4) is 0 Å². The molecular formula is C9H17F2NOS. The minimum atomic E-state index is -2.88. The SMILES string of the molecule is CSCCCCCCNC(=O)C(F)F. The summed E-state index contributed by atoms with van der Waals surface area (Å²) in [6, 6.07) is 0. The van der Waals surface area contributed by atoms with Crippen LogP contribution in [-0.4, -0.2) is 30.9 Å². The Bertz CT molecular complexity index is 156. The van der Waals surface area contributed by atoms with E-state index in [0.29, 0.717) is 6.54 Å². The molecule has 2 nitrogen and oxygen atoms in total. The first-order valence-corrected chi connectivity index (χ1v) is 6.12. The average Bonchev–Trinajstić information content (AvgIpc) is 2.16. The second-order valence-electron chi connectivity index (χ2n) is 3.00. The number of carbonyl (C=O) groups is 1. The fraction of sp³-hybridized carbons (Fsp3) is 0.889. The molecule has 0 bridgehead atoms. The maximum atomic E-state index is 11.7. The lowest BCUT2D eigenvalue weighted by atomic mass is 10.2. The van der Waals surface area contributed by atoms with Gasteiger partial charge in [0.25, 0.3) is 5.91 Å². The maximum Gasteiger partial charge on any atom is 0.315 e. The smallest absolute Gasteiger partial charge is 0.315 e. The number of nitrogens with one attached hydrogen (secondary N) is 1. The zero-order chi connectivity index (χ0) is 10.8. The van der Waals surface area contributed by atoms with E-state index in [2.05, 4.69) is 11.6 Å². The first kappa shape index (κ1) is 13.7. The number of halogens is 2. The molecule has 0 radical (unpaired) electrons. The van der Waals surface area contributed by atoms with Gasteiger partial charge < -0.3 is 5.32 Å². The molecule has 5 heteroatoms. The van der Waals surface area contributed by atoms with Gasteiger partial charge in [-0.2, -0.15) is 20.5 Å². The molecule has 0 unspecified atom stereocenters. The summed E-state index contributed by atoms with van der Waals surface area (Å²) in [5, 5.41) is 2.18. The minimum Gasteiger partial charge on any atom is -0.351 e. The Morgan fingerprint density at radius 2 is 1.93 bits per heavy atom. The summed E-state index contributed by atoms with van der Waals surface area (Å²) in [6.07, 6.45) is 3.21. The van der Waals surface area contributed by atoms with Crippen LogP contribution in [0.4, 0.5) is 8.78 Å². The third-order valence-electron chi connectivity index (χ3n) is 1.77. The second kappa shape index (κ2) is 9.24. The van der Waals surface area contributed by atoms with E-state index in [1.165, 1.54) is 0 Å². The lowest BCUT2D eigenvalue weighted by Crippen LogP contribution is -2.30. The average molecular weight is 225 g/mol. The number of amides is 1. The number of hydrogen-bond donors (Lipinski definition) is 1. The molecule has 0 heterocycles. The van der Waals surface area contributed by atoms with Crippen molar-refractivity contribution in [2.75, 3.05) is 18.6 Å². The molecule has 0 saturated carbocycles. The predicted octanol–water partition coefficient (Wildman–Crippen LogP) is 2.29. The van der Waals surface area contributed by atoms with Gasteiger partial charge in [-0.1, -0.05) is 12.8 Å². The van der Waals surface area contributed by atoms with Gasteiger partial charge in [-0.05, 0) is 24.9 Å². The van der Waals surface area contributed by atoms with E-state index < -0.39 is 12.3 Å². The van der Waals surface area contributed by atoms with Gasteiger partial charge in [-0.25, -0.2) is 0 Å². The lowest BCUT2D eigenvalue weighted by molar-refractivity contribution is -0.131. The van der Waals surface area contributed by atoms with Crippen LogP contribution in [0.1, 0.15) is 25.7 Å². The standard InChI is InChI=1S/C9H17F2NOS/c1-14-7-5-3-2-4-6-12-9(13)8(10)11/h8H,2-7H2,1H3,(H,12,13). The number of carbonyl (C=O) groups excluding carboxylic acids is 1. The van der Waals surface area contributed by atoms with Gasteiger partial charge in [0.1, 0.15) is 0 Å². The van der Waals surface area contributed by atoms with Crippen molar-refractivity contribution < 1.29 is 13.6 Å². The summed E-state index contributed by atoms with van der Waals surface area (Å²) in [6.45, 7) is 0.364. The van der Waals surface area contributed by atoms with Gasteiger partial charge in [-0.15, -0.1) is 0 Å². The Hall–Kier alpha value is -0.320. The minimum absolute atomic E-state index is 0.364. The van der Waals surface area contributed by atoms with Crippen molar-refractivity contribution in [3.05, 3.63) is 0 Å². The Labute approximate surface area is 87.8 Å². The van der Waals surface area contributed by atoms with Gasteiger partial charge in [-0.3, -0.25) is 4.79 Å². The molecule has 0 spiro atoms. The van der Waals surface area contributed by atoms with Gasteiger partial charge in [0.2, 0.25) is 0 Å². The van der Waals surface area contributed by atoms with E-state index in [1.54, 1.807) is 11.8 Å². The van der Waals surface area contributed by atoms with Gasteiger partial charge in [0.05, 0.1) is 0 Å². The van der Waals surface area contributed by atoms with E-state index in [0.717, 1.165) is 31.4 Å². The van der Waals surface area contributed by atoms with E-state index in [-0.39, 0.29) is 0 Å². The fourth-order valence-corrected chi connectivity index (χ4v) is 1.51. The molecule has 0 aromatic rings. The molecule has 0 saturated heterocycles. The first-order chi connectivity index (χ1) is 6.68. The van der Waals surface area contributed by atoms with Crippen LogP contribution >= 0.6 is 11.8 Å². The number of hydrogen-bond acceptors (Lipinski definition) is 2. The monoisotopic (exact) mass is 225 g/mol. The van der Waals surface area contributed by atoms with Crippen molar-refractivity contribution in [3.63, 3.8) is 0 Å². The summed E-state index contributed by atoms with van der Waals surface area (Å²) in [5.41, 5.74) is 0. The number of alkyl halides is 2. The van der Waals surface area contributed by atoms with E-state index in [1.807, 2.05) is 0 Å². The van der Waals surface area contributed by atoms with Crippen LogP contribution in [0.2, 0.25) is 0 Å². The fourth-order valence-electron chi connectivity index (χ4n) is 1.01. The number of rotatable bonds is 8. The Balaban J connectivity index is 3.10. The van der Waals surface area contributed by atoms with Crippen LogP contribution in [0, 0.1) is 0 Å². The normalized spacial score (nSPS) is 10.6. The van der Waals surface area contributed by atoms with Gasteiger partial charge in [0.15, 0.2) is 0 Å². The van der Waals surface area contributed by atoms with E-state index >= 15 is 0 Å². The lowest BCUT2D eigenvalue weighted by Gasteiger charge is -2.03. The van der Waals surface area contributed by atoms with Crippen LogP contribution in [0.3, 0.4) is 0 Å². The largest absolute Gasteiger partial charge is 0.351 e.